The molecule has 2 aromatic carbocycles. The first-order valence-corrected chi connectivity index (χ1v) is 14.1. The maximum absolute atomic E-state index is 14.4. The van der Waals surface area contributed by atoms with E-state index >= 15 is 0 Å². The molecule has 0 heterocycles. The molecule has 0 bridgehead atoms. The third-order valence-electron chi connectivity index (χ3n) is 8.78. The molecule has 0 saturated heterocycles. The maximum atomic E-state index is 14.4. The highest BCUT2D eigenvalue weighted by Gasteiger charge is 2.31. The number of benzene rings is 2. The number of hydrogen-bond donors (Lipinski definition) is 0. The molecule has 2 saturated carbocycles. The molecule has 0 N–H and O–H groups in total. The van der Waals surface area contributed by atoms with Crippen molar-refractivity contribution in [2.45, 2.75) is 96.1 Å². The zero-order valence-electron chi connectivity index (χ0n) is 21.8. The summed E-state index contributed by atoms with van der Waals surface area (Å²) in [6.07, 6.45) is 11.7. The van der Waals surface area contributed by atoms with Gasteiger partial charge in [-0.05, 0) is 97.1 Å². The van der Waals surface area contributed by atoms with E-state index in [9.17, 15) is 22.0 Å². The molecule has 202 valence electrons. The Hall–Kier alpha value is -2.17. The van der Waals surface area contributed by atoms with Gasteiger partial charge in [0.1, 0.15) is 11.6 Å². The lowest BCUT2D eigenvalue weighted by molar-refractivity contribution is -0.0790. The minimum absolute atomic E-state index is 0.155. The number of rotatable bonds is 8. The van der Waals surface area contributed by atoms with Gasteiger partial charge in [0.15, 0.2) is 0 Å². The van der Waals surface area contributed by atoms with Crippen molar-refractivity contribution in [2.75, 3.05) is 0 Å². The fourth-order valence-corrected chi connectivity index (χ4v) is 6.59. The molecule has 0 radical (unpaired) electrons. The van der Waals surface area contributed by atoms with Crippen LogP contribution in [0.4, 0.5) is 22.0 Å². The van der Waals surface area contributed by atoms with Crippen LogP contribution in [0.3, 0.4) is 0 Å². The summed E-state index contributed by atoms with van der Waals surface area (Å²) in [7, 11) is 0. The fraction of sp³-hybridized carbons (Fsp3) is 0.562. The summed E-state index contributed by atoms with van der Waals surface area (Å²) < 4.78 is 65.9. The van der Waals surface area contributed by atoms with Gasteiger partial charge in [0.2, 0.25) is 0 Å². The van der Waals surface area contributed by atoms with Crippen LogP contribution < -0.4 is 0 Å². The van der Waals surface area contributed by atoms with Crippen LogP contribution in [0.15, 0.2) is 42.5 Å². The normalized spacial score (nSPS) is 25.0. The van der Waals surface area contributed by atoms with E-state index in [4.69, 9.17) is 0 Å². The molecule has 4 rings (SSSR count). The zero-order chi connectivity index (χ0) is 26.4. The number of hydrogen-bond acceptors (Lipinski definition) is 0. The lowest BCUT2D eigenvalue weighted by Gasteiger charge is -2.38. The van der Waals surface area contributed by atoms with Crippen molar-refractivity contribution in [3.63, 3.8) is 0 Å². The van der Waals surface area contributed by atoms with E-state index in [1.165, 1.54) is 82.6 Å². The SMILES string of the molecule is CCCCCC1CCC(C2CCC(c3ccc(-c4cc(F)c(C=CC(F)(F)F)c(F)c4)cc3)CC2)CC1. The van der Waals surface area contributed by atoms with Gasteiger partial charge < -0.3 is 0 Å². The van der Waals surface area contributed by atoms with Crippen molar-refractivity contribution in [2.24, 2.45) is 17.8 Å². The van der Waals surface area contributed by atoms with Crippen LogP contribution in [0.5, 0.6) is 0 Å². The lowest BCUT2D eigenvalue weighted by Crippen LogP contribution is -2.25. The van der Waals surface area contributed by atoms with Crippen molar-refractivity contribution >= 4 is 6.08 Å². The Morgan fingerprint density at radius 2 is 1.32 bits per heavy atom. The highest BCUT2D eigenvalue weighted by molar-refractivity contribution is 5.67. The number of allylic oxidation sites excluding steroid dienone is 1. The van der Waals surface area contributed by atoms with Crippen molar-refractivity contribution in [3.8, 4) is 11.1 Å². The van der Waals surface area contributed by atoms with Crippen molar-refractivity contribution < 1.29 is 22.0 Å². The second-order valence-corrected chi connectivity index (χ2v) is 11.2. The number of unbranched alkanes of at least 4 members (excludes halogenated alkanes) is 2. The van der Waals surface area contributed by atoms with E-state index in [0.29, 0.717) is 23.1 Å². The minimum atomic E-state index is -4.63. The smallest absolute Gasteiger partial charge is 0.206 e. The lowest BCUT2D eigenvalue weighted by atomic mass is 9.68. The topological polar surface area (TPSA) is 0 Å². The Balaban J connectivity index is 1.31. The van der Waals surface area contributed by atoms with Crippen LogP contribution in [0.25, 0.3) is 17.2 Å². The van der Waals surface area contributed by atoms with E-state index in [1.54, 1.807) is 0 Å². The van der Waals surface area contributed by atoms with Crippen LogP contribution in [0.2, 0.25) is 0 Å². The first kappa shape index (κ1) is 27.9. The molecule has 2 fully saturated rings. The molecular weight excluding hydrogens is 479 g/mol. The molecule has 0 amide bonds. The van der Waals surface area contributed by atoms with Crippen LogP contribution in [-0.2, 0) is 0 Å². The molecule has 0 nitrogen and oxygen atoms in total. The quantitative estimate of drug-likeness (QED) is 0.241. The molecular formula is C32H39F5. The van der Waals surface area contributed by atoms with E-state index < -0.39 is 23.4 Å². The monoisotopic (exact) mass is 518 g/mol. The van der Waals surface area contributed by atoms with Gasteiger partial charge in [0.25, 0.3) is 0 Å². The van der Waals surface area contributed by atoms with Gasteiger partial charge >= 0.3 is 6.18 Å². The summed E-state index contributed by atoms with van der Waals surface area (Å²) in [5.41, 5.74) is 1.55. The standard InChI is InChI=1S/C32H39F5/c1-2-3-4-5-22-6-8-23(9-7-22)24-10-12-25(13-11-24)26-14-16-27(17-15-26)28-20-30(33)29(31(34)21-28)18-19-32(35,36)37/h14-25H,2-13H2,1H3. The Kier molecular flexibility index (Phi) is 9.47. The molecule has 37 heavy (non-hydrogen) atoms. The Morgan fingerprint density at radius 1 is 0.757 bits per heavy atom. The largest absolute Gasteiger partial charge is 0.409 e. The summed E-state index contributed by atoms with van der Waals surface area (Å²) in [6.45, 7) is 2.27. The summed E-state index contributed by atoms with van der Waals surface area (Å²) in [5.74, 6) is 1.19. The summed E-state index contributed by atoms with van der Waals surface area (Å²) in [4.78, 5) is 0. The third kappa shape index (κ3) is 7.67. The van der Waals surface area contributed by atoms with Crippen molar-refractivity contribution in [3.05, 3.63) is 65.2 Å². The molecule has 2 aliphatic rings. The van der Waals surface area contributed by atoms with E-state index in [-0.39, 0.29) is 6.08 Å². The molecule has 2 aliphatic carbocycles. The number of halogens is 5. The van der Waals surface area contributed by atoms with Crippen LogP contribution in [0.1, 0.15) is 101 Å². The van der Waals surface area contributed by atoms with Crippen LogP contribution in [0, 0.1) is 29.4 Å². The Labute approximate surface area is 218 Å². The average molecular weight is 519 g/mol. The molecule has 0 atom stereocenters. The van der Waals surface area contributed by atoms with Gasteiger partial charge in [-0.1, -0.05) is 69.7 Å². The van der Waals surface area contributed by atoms with Crippen molar-refractivity contribution in [1.82, 2.24) is 0 Å². The first-order chi connectivity index (χ1) is 17.7. The molecule has 2 aromatic rings. The zero-order valence-corrected chi connectivity index (χ0v) is 21.8. The van der Waals surface area contributed by atoms with E-state index in [1.807, 2.05) is 24.3 Å². The molecule has 0 aromatic heterocycles. The second-order valence-electron chi connectivity index (χ2n) is 11.2. The molecule has 5 heteroatoms. The van der Waals surface area contributed by atoms with Crippen LogP contribution in [-0.4, -0.2) is 6.18 Å². The first-order valence-electron chi connectivity index (χ1n) is 14.1. The summed E-state index contributed by atoms with van der Waals surface area (Å²) >= 11 is 0. The van der Waals surface area contributed by atoms with Gasteiger partial charge in [0, 0.05) is 11.6 Å². The highest BCUT2D eigenvalue weighted by Crippen LogP contribution is 2.44. The molecule has 0 unspecified atom stereocenters. The Bertz CT molecular complexity index is 997. The van der Waals surface area contributed by atoms with Gasteiger partial charge in [-0.2, -0.15) is 13.2 Å². The predicted octanol–water partition coefficient (Wildman–Crippen LogP) is 10.9. The fourth-order valence-electron chi connectivity index (χ4n) is 6.59. The van der Waals surface area contributed by atoms with Gasteiger partial charge in [0.05, 0.1) is 0 Å². The molecule has 0 aliphatic heterocycles. The van der Waals surface area contributed by atoms with Crippen molar-refractivity contribution in [1.29, 1.82) is 0 Å². The predicted molar refractivity (Wildman–Crippen MR) is 141 cm³/mol. The Morgan fingerprint density at radius 3 is 1.86 bits per heavy atom. The van der Waals surface area contributed by atoms with Gasteiger partial charge in [-0.25, -0.2) is 8.78 Å². The maximum Gasteiger partial charge on any atom is 0.409 e. The molecule has 0 spiro atoms. The summed E-state index contributed by atoms with van der Waals surface area (Å²) in [6, 6.07) is 9.99. The second kappa shape index (κ2) is 12.6. The average Bonchev–Trinajstić information content (AvgIpc) is 2.88. The van der Waals surface area contributed by atoms with E-state index in [2.05, 4.69) is 6.92 Å². The third-order valence-corrected chi connectivity index (χ3v) is 8.78. The van der Waals surface area contributed by atoms with Crippen LogP contribution >= 0.6 is 0 Å². The van der Waals surface area contributed by atoms with Gasteiger partial charge in [-0.15, -0.1) is 0 Å². The summed E-state index contributed by atoms with van der Waals surface area (Å²) in [5, 5.41) is 0. The number of alkyl halides is 3. The van der Waals surface area contributed by atoms with Gasteiger partial charge in [-0.3, -0.25) is 0 Å². The van der Waals surface area contributed by atoms with E-state index in [0.717, 1.165) is 29.9 Å². The highest BCUT2D eigenvalue weighted by atomic mass is 19.4. The minimum Gasteiger partial charge on any atom is -0.206 e.